The van der Waals surface area contributed by atoms with Gasteiger partial charge in [0.15, 0.2) is 0 Å². The number of anilines is 1. The quantitative estimate of drug-likeness (QED) is 0.796. The maximum absolute atomic E-state index is 11.9. The number of thiocarbonyl (C=S) groups is 1. The Labute approximate surface area is 140 Å². The van der Waals surface area contributed by atoms with Gasteiger partial charge in [-0.05, 0) is 32.0 Å². The summed E-state index contributed by atoms with van der Waals surface area (Å²) in [6, 6.07) is 5.12. The molecule has 0 aromatic heterocycles. The first-order chi connectivity index (χ1) is 10.0. The van der Waals surface area contributed by atoms with Crippen molar-refractivity contribution in [1.82, 2.24) is 4.90 Å². The molecule has 0 unspecified atom stereocenters. The lowest BCUT2D eigenvalue weighted by Gasteiger charge is -2.20. The molecule has 0 saturated heterocycles. The molecule has 0 aliphatic rings. The first kappa shape index (κ1) is 18.1. The number of nitrogens with zero attached hydrogens (tertiary/aromatic N) is 1. The highest BCUT2D eigenvalue weighted by atomic mass is 35.5. The molecule has 0 aliphatic carbocycles. The lowest BCUT2D eigenvalue weighted by atomic mass is 10.3. The van der Waals surface area contributed by atoms with Crippen LogP contribution in [-0.4, -0.2) is 41.1 Å². The first-order valence-electron chi connectivity index (χ1n) is 6.56. The molecule has 116 valence electrons. The minimum Gasteiger partial charge on any atom is -0.495 e. The van der Waals surface area contributed by atoms with Gasteiger partial charge in [-0.2, -0.15) is 0 Å². The van der Waals surface area contributed by atoms with Gasteiger partial charge in [0.05, 0.1) is 17.9 Å². The van der Waals surface area contributed by atoms with Crippen molar-refractivity contribution in [3.8, 4) is 5.75 Å². The summed E-state index contributed by atoms with van der Waals surface area (Å²) in [6.07, 6.45) is 0. The average molecular weight is 347 g/mol. The highest BCUT2D eigenvalue weighted by Crippen LogP contribution is 2.27. The maximum Gasteiger partial charge on any atom is 0.234 e. The molecule has 4 nitrogen and oxygen atoms in total. The maximum atomic E-state index is 11.9. The van der Waals surface area contributed by atoms with E-state index in [1.54, 1.807) is 25.3 Å². The number of benzene rings is 1. The van der Waals surface area contributed by atoms with E-state index in [0.717, 1.165) is 17.4 Å². The summed E-state index contributed by atoms with van der Waals surface area (Å²) in [7, 11) is 1.55. The number of carbonyl (C=O) groups is 1. The van der Waals surface area contributed by atoms with Crippen molar-refractivity contribution in [2.45, 2.75) is 13.8 Å². The number of thioether (sulfide) groups is 1. The third-order valence-corrected chi connectivity index (χ3v) is 4.60. The number of amides is 1. The van der Waals surface area contributed by atoms with Crippen molar-refractivity contribution in [2.24, 2.45) is 0 Å². The van der Waals surface area contributed by atoms with Crippen LogP contribution in [0.2, 0.25) is 5.02 Å². The van der Waals surface area contributed by atoms with Gasteiger partial charge >= 0.3 is 0 Å². The molecular weight excluding hydrogens is 328 g/mol. The van der Waals surface area contributed by atoms with E-state index in [-0.39, 0.29) is 11.7 Å². The second kappa shape index (κ2) is 9.12. The zero-order valence-electron chi connectivity index (χ0n) is 12.3. The highest BCUT2D eigenvalue weighted by Gasteiger charge is 2.10. The third kappa shape index (κ3) is 5.73. The van der Waals surface area contributed by atoms with Gasteiger partial charge < -0.3 is 15.0 Å². The Bertz CT molecular complexity index is 508. The van der Waals surface area contributed by atoms with E-state index < -0.39 is 0 Å². The van der Waals surface area contributed by atoms with E-state index in [2.05, 4.69) is 5.32 Å². The number of nitrogens with one attached hydrogen (secondary N) is 1. The van der Waals surface area contributed by atoms with Crippen molar-refractivity contribution in [3.63, 3.8) is 0 Å². The summed E-state index contributed by atoms with van der Waals surface area (Å²) < 4.78 is 5.80. The Hall–Kier alpha value is -0.980. The molecule has 7 heteroatoms. The lowest BCUT2D eigenvalue weighted by molar-refractivity contribution is -0.113. The predicted octanol–water partition coefficient (Wildman–Crippen LogP) is 3.65. The Morgan fingerprint density at radius 1 is 1.43 bits per heavy atom. The van der Waals surface area contributed by atoms with Gasteiger partial charge in [0.1, 0.15) is 10.1 Å². The van der Waals surface area contributed by atoms with E-state index >= 15 is 0 Å². The molecule has 1 N–H and O–H groups in total. The van der Waals surface area contributed by atoms with Crippen molar-refractivity contribution in [2.75, 3.05) is 31.3 Å². The molecular formula is C14H19ClN2O2S2. The number of rotatable bonds is 6. The summed E-state index contributed by atoms with van der Waals surface area (Å²) >= 11 is 12.7. The van der Waals surface area contributed by atoms with Gasteiger partial charge in [0.25, 0.3) is 0 Å². The first-order valence-corrected chi connectivity index (χ1v) is 8.34. The minimum absolute atomic E-state index is 0.115. The third-order valence-electron chi connectivity index (χ3n) is 2.78. The summed E-state index contributed by atoms with van der Waals surface area (Å²) in [5, 5.41) is 3.25. The average Bonchev–Trinajstić information content (AvgIpc) is 2.46. The fraction of sp³-hybridized carbons (Fsp3) is 0.429. The normalized spacial score (nSPS) is 10.1. The van der Waals surface area contributed by atoms with Gasteiger partial charge in [-0.15, -0.1) is 0 Å². The fourth-order valence-electron chi connectivity index (χ4n) is 1.64. The molecule has 0 aliphatic heterocycles. The van der Waals surface area contributed by atoms with Crippen LogP contribution in [0.4, 0.5) is 5.69 Å². The van der Waals surface area contributed by atoms with E-state index in [4.69, 9.17) is 28.6 Å². The van der Waals surface area contributed by atoms with Crippen molar-refractivity contribution >= 4 is 51.5 Å². The molecule has 1 aromatic carbocycles. The minimum atomic E-state index is -0.115. The molecule has 0 atom stereocenters. The van der Waals surface area contributed by atoms with Crippen LogP contribution in [0.1, 0.15) is 13.8 Å². The molecule has 0 radical (unpaired) electrons. The molecule has 1 aromatic rings. The summed E-state index contributed by atoms with van der Waals surface area (Å²) in [5.41, 5.74) is 0.639. The van der Waals surface area contributed by atoms with Gasteiger partial charge in [0, 0.05) is 18.8 Å². The van der Waals surface area contributed by atoms with Gasteiger partial charge in [-0.1, -0.05) is 35.6 Å². The van der Waals surface area contributed by atoms with Gasteiger partial charge in [-0.25, -0.2) is 0 Å². The molecule has 0 bridgehead atoms. The van der Waals surface area contributed by atoms with Crippen LogP contribution in [0, 0.1) is 0 Å². The number of carbonyl (C=O) groups excluding carboxylic acids is 1. The van der Waals surface area contributed by atoms with Crippen molar-refractivity contribution < 1.29 is 9.53 Å². The number of methoxy groups -OCH3 is 1. The topological polar surface area (TPSA) is 41.6 Å². The number of hydrogen-bond donors (Lipinski definition) is 1. The molecule has 21 heavy (non-hydrogen) atoms. The summed E-state index contributed by atoms with van der Waals surface area (Å²) in [6.45, 7) is 5.77. The van der Waals surface area contributed by atoms with Gasteiger partial charge in [-0.3, -0.25) is 4.79 Å². The van der Waals surface area contributed by atoms with Crippen LogP contribution in [0.5, 0.6) is 5.75 Å². The monoisotopic (exact) mass is 346 g/mol. The zero-order valence-corrected chi connectivity index (χ0v) is 14.7. The predicted molar refractivity (Wildman–Crippen MR) is 94.6 cm³/mol. The van der Waals surface area contributed by atoms with Crippen LogP contribution >= 0.6 is 35.6 Å². The summed E-state index contributed by atoms with van der Waals surface area (Å²) in [4.78, 5) is 13.9. The molecule has 0 saturated carbocycles. The summed E-state index contributed by atoms with van der Waals surface area (Å²) in [5.74, 6) is 0.737. The van der Waals surface area contributed by atoms with Crippen LogP contribution in [-0.2, 0) is 4.79 Å². The molecule has 0 fully saturated rings. The van der Waals surface area contributed by atoms with E-state index in [1.807, 2.05) is 18.7 Å². The standard InChI is InChI=1S/C14H19ClN2O2S2/c1-4-17(5-2)14(20)21-9-13(18)16-10-6-7-12(19-3)11(15)8-10/h6-8H,4-5,9H2,1-3H3,(H,16,18). The number of halogens is 1. The Morgan fingerprint density at radius 3 is 2.62 bits per heavy atom. The Morgan fingerprint density at radius 2 is 2.10 bits per heavy atom. The largest absolute Gasteiger partial charge is 0.495 e. The smallest absolute Gasteiger partial charge is 0.234 e. The second-order valence-electron chi connectivity index (χ2n) is 4.12. The van der Waals surface area contributed by atoms with E-state index in [9.17, 15) is 4.79 Å². The SMILES string of the molecule is CCN(CC)C(=S)SCC(=O)Nc1ccc(OC)c(Cl)c1. The highest BCUT2D eigenvalue weighted by molar-refractivity contribution is 8.23. The zero-order chi connectivity index (χ0) is 15.8. The van der Waals surface area contributed by atoms with Crippen molar-refractivity contribution in [1.29, 1.82) is 0 Å². The Balaban J connectivity index is 2.51. The fourth-order valence-corrected chi connectivity index (χ4v) is 3.10. The molecule has 1 rings (SSSR count). The van der Waals surface area contributed by atoms with Gasteiger partial charge in [0.2, 0.25) is 5.91 Å². The van der Waals surface area contributed by atoms with Crippen molar-refractivity contribution in [3.05, 3.63) is 23.2 Å². The van der Waals surface area contributed by atoms with E-state index in [0.29, 0.717) is 16.5 Å². The van der Waals surface area contributed by atoms with Crippen LogP contribution in [0.3, 0.4) is 0 Å². The second-order valence-corrected chi connectivity index (χ2v) is 6.14. The Kier molecular flexibility index (Phi) is 7.85. The molecule has 1 amide bonds. The van der Waals surface area contributed by atoms with Crippen LogP contribution < -0.4 is 10.1 Å². The number of ether oxygens (including phenoxy) is 1. The number of hydrogen-bond acceptors (Lipinski definition) is 4. The molecule has 0 heterocycles. The van der Waals surface area contributed by atoms with E-state index in [1.165, 1.54) is 11.8 Å². The van der Waals surface area contributed by atoms with Crippen LogP contribution in [0.25, 0.3) is 0 Å². The lowest BCUT2D eigenvalue weighted by Crippen LogP contribution is -2.28. The van der Waals surface area contributed by atoms with Crippen LogP contribution in [0.15, 0.2) is 18.2 Å². The molecule has 0 spiro atoms.